The molecule has 2 rings (SSSR count). The van der Waals surface area contributed by atoms with Gasteiger partial charge in [-0.15, -0.1) is 0 Å². The van der Waals surface area contributed by atoms with Crippen molar-refractivity contribution in [2.24, 2.45) is 0 Å². The van der Waals surface area contributed by atoms with E-state index in [1.54, 1.807) is 19.1 Å². The highest BCUT2D eigenvalue weighted by molar-refractivity contribution is 7.89. The lowest BCUT2D eigenvalue weighted by Crippen LogP contribution is -2.26. The van der Waals surface area contributed by atoms with Crippen LogP contribution in [0.15, 0.2) is 52.0 Å². The fourth-order valence-corrected chi connectivity index (χ4v) is 3.00. The van der Waals surface area contributed by atoms with Crippen LogP contribution in [0, 0.1) is 0 Å². The molecule has 1 heterocycles. The van der Waals surface area contributed by atoms with Crippen molar-refractivity contribution < 1.29 is 22.4 Å². The zero-order valence-electron chi connectivity index (χ0n) is 12.4. The highest BCUT2D eigenvalue weighted by Gasteiger charge is 2.22. The first-order valence-electron chi connectivity index (χ1n) is 6.71. The smallest absolute Gasteiger partial charge is 0.338 e. The SMILES string of the molecule is CCOC(=O)c1ccc(S(=O)(=O)N(C)Cc2ccco2)cc1. The highest BCUT2D eigenvalue weighted by atomic mass is 32.2. The summed E-state index contributed by atoms with van der Waals surface area (Å²) in [5, 5.41) is 0. The molecule has 0 aliphatic heterocycles. The lowest BCUT2D eigenvalue weighted by Gasteiger charge is -2.16. The number of ether oxygens (including phenoxy) is 1. The molecule has 1 aromatic carbocycles. The molecule has 0 saturated heterocycles. The third-order valence-electron chi connectivity index (χ3n) is 3.03. The summed E-state index contributed by atoms with van der Waals surface area (Å²) in [5.41, 5.74) is 0.314. The minimum absolute atomic E-state index is 0.106. The number of carbonyl (C=O) groups excluding carboxylic acids is 1. The lowest BCUT2D eigenvalue weighted by atomic mass is 10.2. The Morgan fingerprint density at radius 3 is 2.45 bits per heavy atom. The molecule has 0 unspecified atom stereocenters. The Balaban J connectivity index is 2.17. The van der Waals surface area contributed by atoms with Crippen molar-refractivity contribution >= 4 is 16.0 Å². The van der Waals surface area contributed by atoms with Gasteiger partial charge in [-0.1, -0.05) is 0 Å². The Bertz CT molecular complexity index is 720. The monoisotopic (exact) mass is 323 g/mol. The zero-order chi connectivity index (χ0) is 16.2. The van der Waals surface area contributed by atoms with Crippen LogP contribution in [0.25, 0.3) is 0 Å². The molecule has 0 N–H and O–H groups in total. The summed E-state index contributed by atoms with van der Waals surface area (Å²) in [6.45, 7) is 2.11. The van der Waals surface area contributed by atoms with Gasteiger partial charge < -0.3 is 9.15 Å². The van der Waals surface area contributed by atoms with Gasteiger partial charge >= 0.3 is 5.97 Å². The summed E-state index contributed by atoms with van der Waals surface area (Å²) in [4.78, 5) is 11.7. The van der Waals surface area contributed by atoms with Gasteiger partial charge in [0.05, 0.1) is 29.9 Å². The van der Waals surface area contributed by atoms with Gasteiger partial charge in [-0.25, -0.2) is 13.2 Å². The van der Waals surface area contributed by atoms with Gasteiger partial charge in [0.15, 0.2) is 0 Å². The van der Waals surface area contributed by atoms with Crippen molar-refractivity contribution in [2.45, 2.75) is 18.4 Å². The zero-order valence-corrected chi connectivity index (χ0v) is 13.2. The second kappa shape index (κ2) is 6.76. The normalized spacial score (nSPS) is 11.6. The van der Waals surface area contributed by atoms with Gasteiger partial charge in [0, 0.05) is 7.05 Å². The number of hydrogen-bond acceptors (Lipinski definition) is 5. The lowest BCUT2D eigenvalue weighted by molar-refractivity contribution is 0.0526. The quantitative estimate of drug-likeness (QED) is 0.762. The molecule has 1 aromatic heterocycles. The molecule has 0 aliphatic rings. The molecule has 118 valence electrons. The van der Waals surface area contributed by atoms with Crippen LogP contribution in [0.3, 0.4) is 0 Å². The van der Waals surface area contributed by atoms with Crippen LogP contribution < -0.4 is 0 Å². The molecular weight excluding hydrogens is 306 g/mol. The van der Waals surface area contributed by atoms with Crippen LogP contribution in [0.1, 0.15) is 23.0 Å². The van der Waals surface area contributed by atoms with Crippen LogP contribution >= 0.6 is 0 Å². The second-order valence-corrected chi connectivity index (χ2v) is 6.63. The summed E-state index contributed by atoms with van der Waals surface area (Å²) in [6, 6.07) is 9.05. The van der Waals surface area contributed by atoms with E-state index in [0.717, 1.165) is 0 Å². The van der Waals surface area contributed by atoms with Crippen molar-refractivity contribution in [1.29, 1.82) is 0 Å². The van der Waals surface area contributed by atoms with Gasteiger partial charge in [0.2, 0.25) is 10.0 Å². The fraction of sp³-hybridized carbons (Fsp3) is 0.267. The van der Waals surface area contributed by atoms with Crippen LogP contribution in [0.2, 0.25) is 0 Å². The minimum atomic E-state index is -3.65. The van der Waals surface area contributed by atoms with Gasteiger partial charge in [-0.3, -0.25) is 0 Å². The number of sulfonamides is 1. The Labute approximate surface area is 129 Å². The van der Waals surface area contributed by atoms with Crippen LogP contribution in [0.5, 0.6) is 0 Å². The number of nitrogens with zero attached hydrogens (tertiary/aromatic N) is 1. The van der Waals surface area contributed by atoms with Crippen LogP contribution in [0.4, 0.5) is 0 Å². The van der Waals surface area contributed by atoms with Crippen molar-refractivity contribution in [3.8, 4) is 0 Å². The van der Waals surface area contributed by atoms with E-state index in [1.165, 1.54) is 41.9 Å². The number of rotatable bonds is 6. The van der Waals surface area contributed by atoms with E-state index >= 15 is 0 Å². The molecular formula is C15H17NO5S. The molecule has 6 nitrogen and oxygen atoms in total. The molecule has 0 spiro atoms. The molecule has 0 saturated carbocycles. The Kier molecular flexibility index (Phi) is 4.99. The molecule has 0 aliphatic carbocycles. The average molecular weight is 323 g/mol. The van der Waals surface area contributed by atoms with E-state index < -0.39 is 16.0 Å². The van der Waals surface area contributed by atoms with E-state index in [-0.39, 0.29) is 18.0 Å². The Hall–Kier alpha value is -2.12. The molecule has 0 atom stereocenters. The third-order valence-corrected chi connectivity index (χ3v) is 4.85. The first kappa shape index (κ1) is 16.3. The fourth-order valence-electron chi connectivity index (χ4n) is 1.86. The standard InChI is InChI=1S/C15H17NO5S/c1-3-20-15(17)12-6-8-14(9-7-12)22(18,19)16(2)11-13-5-4-10-21-13/h4-10H,3,11H2,1-2H3. The van der Waals surface area contributed by atoms with E-state index in [0.29, 0.717) is 11.3 Å². The van der Waals surface area contributed by atoms with Gasteiger partial charge in [0.25, 0.3) is 0 Å². The van der Waals surface area contributed by atoms with Crippen molar-refractivity contribution in [3.05, 3.63) is 54.0 Å². The summed E-state index contributed by atoms with van der Waals surface area (Å²) in [5.74, 6) is 0.0737. The molecule has 22 heavy (non-hydrogen) atoms. The molecule has 0 radical (unpaired) electrons. The minimum Gasteiger partial charge on any atom is -0.468 e. The predicted octanol–water partition coefficient (Wildman–Crippen LogP) is 2.28. The van der Waals surface area contributed by atoms with Crippen molar-refractivity contribution in [1.82, 2.24) is 4.31 Å². The Morgan fingerprint density at radius 2 is 1.91 bits per heavy atom. The van der Waals surface area contributed by atoms with Crippen LogP contribution in [-0.4, -0.2) is 32.3 Å². The van der Waals surface area contributed by atoms with Crippen molar-refractivity contribution in [2.75, 3.05) is 13.7 Å². The predicted molar refractivity (Wildman–Crippen MR) is 79.8 cm³/mol. The molecule has 0 fully saturated rings. The number of hydrogen-bond donors (Lipinski definition) is 0. The molecule has 0 amide bonds. The second-order valence-electron chi connectivity index (χ2n) is 4.59. The Morgan fingerprint density at radius 1 is 1.23 bits per heavy atom. The average Bonchev–Trinajstić information content (AvgIpc) is 3.00. The molecule has 7 heteroatoms. The highest BCUT2D eigenvalue weighted by Crippen LogP contribution is 2.18. The maximum absolute atomic E-state index is 12.4. The third kappa shape index (κ3) is 3.55. The summed E-state index contributed by atoms with van der Waals surface area (Å²) in [6.07, 6.45) is 1.49. The largest absolute Gasteiger partial charge is 0.468 e. The first-order chi connectivity index (χ1) is 10.4. The van der Waals surface area contributed by atoms with Crippen LogP contribution in [-0.2, 0) is 21.3 Å². The maximum atomic E-state index is 12.4. The summed E-state index contributed by atoms with van der Waals surface area (Å²) in [7, 11) is -2.18. The van der Waals surface area contributed by atoms with E-state index in [9.17, 15) is 13.2 Å². The van der Waals surface area contributed by atoms with Gasteiger partial charge in [0.1, 0.15) is 5.76 Å². The van der Waals surface area contributed by atoms with E-state index in [4.69, 9.17) is 9.15 Å². The van der Waals surface area contributed by atoms with Crippen molar-refractivity contribution in [3.63, 3.8) is 0 Å². The first-order valence-corrected chi connectivity index (χ1v) is 8.15. The molecule has 2 aromatic rings. The number of carbonyl (C=O) groups is 1. The number of benzene rings is 1. The topological polar surface area (TPSA) is 76.8 Å². The van der Waals surface area contributed by atoms with E-state index in [2.05, 4.69) is 0 Å². The molecule has 0 bridgehead atoms. The summed E-state index contributed by atoms with van der Waals surface area (Å²) < 4.78 is 36.1. The number of furan rings is 1. The summed E-state index contributed by atoms with van der Waals surface area (Å²) >= 11 is 0. The van der Waals surface area contributed by atoms with Gasteiger partial charge in [-0.2, -0.15) is 4.31 Å². The van der Waals surface area contributed by atoms with Gasteiger partial charge in [-0.05, 0) is 43.3 Å². The number of esters is 1. The van der Waals surface area contributed by atoms with E-state index in [1.807, 2.05) is 0 Å². The maximum Gasteiger partial charge on any atom is 0.338 e.